The van der Waals surface area contributed by atoms with E-state index in [2.05, 4.69) is 31.1 Å². The lowest BCUT2D eigenvalue weighted by Crippen LogP contribution is -2.14. The highest BCUT2D eigenvalue weighted by Gasteiger charge is 2.11. The van der Waals surface area contributed by atoms with Gasteiger partial charge in [0.15, 0.2) is 5.16 Å². The number of aromatic nitrogens is 3. The summed E-state index contributed by atoms with van der Waals surface area (Å²) in [7, 11) is 0. The lowest BCUT2D eigenvalue weighted by molar-refractivity contribution is -0.114. The molecule has 0 bridgehead atoms. The number of hydrogen-bond donors (Lipinski definition) is 2. The summed E-state index contributed by atoms with van der Waals surface area (Å²) in [6, 6.07) is 23.9. The number of nitrogens with zero attached hydrogens (tertiary/aromatic N) is 5. The van der Waals surface area contributed by atoms with E-state index in [4.69, 9.17) is 0 Å². The maximum Gasteiger partial charge on any atom is 0.234 e. The number of carbonyl (C=O) groups excluding carboxylic acids is 2. The highest BCUT2D eigenvalue weighted by molar-refractivity contribution is 7.99. The Balaban J connectivity index is 1.33. The van der Waals surface area contributed by atoms with E-state index < -0.39 is 0 Å². The third-order valence-corrected chi connectivity index (χ3v) is 5.42. The molecule has 1 aromatic heterocycles. The van der Waals surface area contributed by atoms with Gasteiger partial charge in [0.1, 0.15) is 6.33 Å². The molecule has 0 radical (unpaired) electrons. The maximum atomic E-state index is 12.4. The molecule has 2 N–H and O–H groups in total. The van der Waals surface area contributed by atoms with Gasteiger partial charge in [0.25, 0.3) is 0 Å². The lowest BCUT2D eigenvalue weighted by Gasteiger charge is -2.09. The molecule has 4 aromatic rings. The Morgan fingerprint density at radius 3 is 2.35 bits per heavy atom. The summed E-state index contributed by atoms with van der Waals surface area (Å²) in [6.07, 6.45) is 1.57. The standard InChI is InChI=1S/C24H21N7O2S/c1-17(32)26-21-8-5-9-22(14-21)31-16-25-30-24(31)34-15-23(33)27-18-10-12-20(13-11-18)29-28-19-6-3-2-4-7-19/h2-14,16H,15H2,1H3,(H,26,32)(H,27,33). The molecule has 9 nitrogen and oxygen atoms in total. The summed E-state index contributed by atoms with van der Waals surface area (Å²) in [5.41, 5.74) is 3.56. The van der Waals surface area contributed by atoms with E-state index in [1.807, 2.05) is 48.5 Å². The fraction of sp³-hybridized carbons (Fsp3) is 0.0833. The van der Waals surface area contributed by atoms with Crippen LogP contribution in [0.1, 0.15) is 6.92 Å². The minimum absolute atomic E-state index is 0.152. The van der Waals surface area contributed by atoms with Gasteiger partial charge in [-0.15, -0.1) is 10.2 Å². The van der Waals surface area contributed by atoms with Gasteiger partial charge in [-0.1, -0.05) is 36.0 Å². The van der Waals surface area contributed by atoms with Gasteiger partial charge in [0.2, 0.25) is 11.8 Å². The van der Waals surface area contributed by atoms with Crippen molar-refractivity contribution < 1.29 is 9.59 Å². The Morgan fingerprint density at radius 1 is 0.882 bits per heavy atom. The number of nitrogens with one attached hydrogen (secondary N) is 2. The van der Waals surface area contributed by atoms with Crippen LogP contribution in [0.5, 0.6) is 0 Å². The van der Waals surface area contributed by atoms with Gasteiger partial charge in [-0.05, 0) is 54.6 Å². The summed E-state index contributed by atoms with van der Waals surface area (Å²) in [4.78, 5) is 23.8. The largest absolute Gasteiger partial charge is 0.326 e. The van der Waals surface area contributed by atoms with Gasteiger partial charge in [-0.25, -0.2) is 0 Å². The first-order valence-corrected chi connectivity index (χ1v) is 11.3. The molecule has 0 saturated heterocycles. The van der Waals surface area contributed by atoms with Crippen molar-refractivity contribution in [1.82, 2.24) is 14.8 Å². The Morgan fingerprint density at radius 2 is 1.62 bits per heavy atom. The number of thioether (sulfide) groups is 1. The van der Waals surface area contributed by atoms with Crippen molar-refractivity contribution in [2.75, 3.05) is 16.4 Å². The molecule has 170 valence electrons. The average Bonchev–Trinajstić information content (AvgIpc) is 3.32. The number of rotatable bonds is 8. The summed E-state index contributed by atoms with van der Waals surface area (Å²) >= 11 is 1.26. The third kappa shape index (κ3) is 6.36. The van der Waals surface area contributed by atoms with Crippen LogP contribution in [0.4, 0.5) is 22.7 Å². The quantitative estimate of drug-likeness (QED) is 0.265. The Hall–Kier alpha value is -4.31. The van der Waals surface area contributed by atoms with E-state index in [0.29, 0.717) is 22.2 Å². The van der Waals surface area contributed by atoms with Gasteiger partial charge >= 0.3 is 0 Å². The van der Waals surface area contributed by atoms with Crippen LogP contribution in [0.25, 0.3) is 5.69 Å². The fourth-order valence-electron chi connectivity index (χ4n) is 2.99. The SMILES string of the molecule is CC(=O)Nc1cccc(-n2cnnc2SCC(=O)Nc2ccc(N=Nc3ccccc3)cc2)c1. The van der Waals surface area contributed by atoms with Crippen LogP contribution in [-0.4, -0.2) is 32.3 Å². The van der Waals surface area contributed by atoms with E-state index in [0.717, 1.165) is 11.4 Å². The summed E-state index contributed by atoms with van der Waals surface area (Å²) in [5.74, 6) is -0.177. The first-order chi connectivity index (χ1) is 16.6. The van der Waals surface area contributed by atoms with E-state index >= 15 is 0 Å². The molecule has 0 unspecified atom stereocenters. The summed E-state index contributed by atoms with van der Waals surface area (Å²) in [6.45, 7) is 1.45. The number of carbonyl (C=O) groups is 2. The van der Waals surface area contributed by atoms with Gasteiger partial charge < -0.3 is 10.6 Å². The van der Waals surface area contributed by atoms with Crippen molar-refractivity contribution in [1.29, 1.82) is 0 Å². The van der Waals surface area contributed by atoms with Crippen LogP contribution < -0.4 is 10.6 Å². The molecule has 0 aliphatic carbocycles. The molecule has 1 heterocycles. The average molecular weight is 472 g/mol. The van der Waals surface area contributed by atoms with Gasteiger partial charge in [-0.2, -0.15) is 10.2 Å². The normalized spacial score (nSPS) is 10.9. The zero-order valence-electron chi connectivity index (χ0n) is 18.3. The topological polar surface area (TPSA) is 114 Å². The second-order valence-corrected chi connectivity index (χ2v) is 8.08. The van der Waals surface area contributed by atoms with E-state index in [1.165, 1.54) is 18.7 Å². The van der Waals surface area contributed by atoms with Crippen molar-refractivity contribution in [2.45, 2.75) is 12.1 Å². The molecule has 34 heavy (non-hydrogen) atoms. The third-order valence-electron chi connectivity index (χ3n) is 4.48. The zero-order chi connectivity index (χ0) is 23.8. The van der Waals surface area contributed by atoms with Crippen LogP contribution in [-0.2, 0) is 9.59 Å². The second-order valence-electron chi connectivity index (χ2n) is 7.13. The van der Waals surface area contributed by atoms with Gasteiger partial charge in [-0.3, -0.25) is 14.2 Å². The minimum Gasteiger partial charge on any atom is -0.326 e. The predicted octanol–water partition coefficient (Wildman–Crippen LogP) is 5.37. The van der Waals surface area contributed by atoms with Gasteiger partial charge in [0.05, 0.1) is 22.8 Å². The van der Waals surface area contributed by atoms with Crippen molar-refractivity contribution in [3.8, 4) is 5.69 Å². The molecule has 10 heteroatoms. The van der Waals surface area contributed by atoms with E-state index in [9.17, 15) is 9.59 Å². The molecule has 0 saturated carbocycles. The summed E-state index contributed by atoms with van der Waals surface area (Å²) < 4.78 is 1.76. The number of hydrogen-bond acceptors (Lipinski definition) is 7. The van der Waals surface area contributed by atoms with Crippen molar-refractivity contribution in [3.05, 3.63) is 85.2 Å². The number of amides is 2. The smallest absolute Gasteiger partial charge is 0.234 e. The second kappa shape index (κ2) is 11.0. The van der Waals surface area contributed by atoms with Crippen LogP contribution in [0.3, 0.4) is 0 Å². The van der Waals surface area contributed by atoms with E-state index in [-0.39, 0.29) is 17.6 Å². The maximum absolute atomic E-state index is 12.4. The molecule has 0 aliphatic heterocycles. The van der Waals surface area contributed by atoms with Crippen molar-refractivity contribution in [3.63, 3.8) is 0 Å². The Labute approximate surface area is 200 Å². The molecule has 0 fully saturated rings. The summed E-state index contributed by atoms with van der Waals surface area (Å²) in [5, 5.41) is 22.6. The van der Waals surface area contributed by atoms with Crippen LogP contribution in [0.15, 0.2) is 101 Å². The lowest BCUT2D eigenvalue weighted by atomic mass is 10.2. The minimum atomic E-state index is -0.176. The molecular weight excluding hydrogens is 450 g/mol. The highest BCUT2D eigenvalue weighted by Crippen LogP contribution is 2.23. The van der Waals surface area contributed by atoms with Crippen LogP contribution in [0.2, 0.25) is 0 Å². The van der Waals surface area contributed by atoms with E-state index in [1.54, 1.807) is 41.2 Å². The fourth-order valence-corrected chi connectivity index (χ4v) is 3.71. The zero-order valence-corrected chi connectivity index (χ0v) is 19.1. The number of anilines is 2. The first-order valence-electron chi connectivity index (χ1n) is 10.3. The van der Waals surface area contributed by atoms with Gasteiger partial charge in [0, 0.05) is 18.3 Å². The monoisotopic (exact) mass is 471 g/mol. The molecule has 0 spiro atoms. The number of benzene rings is 3. The highest BCUT2D eigenvalue weighted by atomic mass is 32.2. The van der Waals surface area contributed by atoms with Crippen molar-refractivity contribution in [2.24, 2.45) is 10.2 Å². The Kier molecular flexibility index (Phi) is 7.41. The molecule has 0 aliphatic rings. The molecule has 3 aromatic carbocycles. The molecule has 4 rings (SSSR count). The molecule has 0 atom stereocenters. The molecular formula is C24H21N7O2S. The van der Waals surface area contributed by atoms with Crippen LogP contribution >= 0.6 is 11.8 Å². The number of azo groups is 1. The molecule has 2 amide bonds. The first kappa shape index (κ1) is 22.9. The van der Waals surface area contributed by atoms with Crippen LogP contribution in [0, 0.1) is 0 Å². The van der Waals surface area contributed by atoms with Crippen molar-refractivity contribution >= 4 is 46.3 Å². The predicted molar refractivity (Wildman–Crippen MR) is 132 cm³/mol. The Bertz CT molecular complexity index is 1300.